The summed E-state index contributed by atoms with van der Waals surface area (Å²) in [7, 11) is 0. The lowest BCUT2D eigenvalue weighted by Crippen LogP contribution is -2.11. The van der Waals surface area contributed by atoms with Gasteiger partial charge in [-0.25, -0.2) is 9.78 Å². The number of thiophene rings is 1. The molecular formula is C23H18ClN3O4S. The Balaban J connectivity index is 1.50. The molecule has 1 amide bonds. The van der Waals surface area contributed by atoms with Crippen molar-refractivity contribution < 1.29 is 19.1 Å². The van der Waals surface area contributed by atoms with Crippen molar-refractivity contribution in [2.45, 2.75) is 13.5 Å². The Labute approximate surface area is 193 Å². The van der Waals surface area contributed by atoms with Crippen molar-refractivity contribution in [1.29, 1.82) is 0 Å². The van der Waals surface area contributed by atoms with Crippen LogP contribution in [0.1, 0.15) is 33.2 Å². The molecule has 9 heteroatoms. The topological polar surface area (TPSA) is 90.4 Å². The Kier molecular flexibility index (Phi) is 6.63. The fourth-order valence-electron chi connectivity index (χ4n) is 3.05. The van der Waals surface area contributed by atoms with E-state index in [-0.39, 0.29) is 19.1 Å². The number of nitrogens with one attached hydrogen (secondary N) is 1. The molecule has 4 rings (SSSR count). The second-order valence-electron chi connectivity index (χ2n) is 6.65. The lowest BCUT2D eigenvalue weighted by molar-refractivity contribution is 0.0528. The number of rotatable bonds is 7. The molecule has 3 heterocycles. The Morgan fingerprint density at radius 2 is 2.00 bits per heavy atom. The molecular weight excluding hydrogens is 450 g/mol. The van der Waals surface area contributed by atoms with Crippen LogP contribution in [0.3, 0.4) is 0 Å². The molecule has 32 heavy (non-hydrogen) atoms. The predicted molar refractivity (Wildman–Crippen MR) is 124 cm³/mol. The molecule has 3 aromatic heterocycles. The van der Waals surface area contributed by atoms with Crippen molar-refractivity contribution in [3.63, 3.8) is 0 Å². The van der Waals surface area contributed by atoms with Gasteiger partial charge in [0.25, 0.3) is 5.91 Å². The molecule has 0 aliphatic rings. The number of amides is 1. The average molecular weight is 468 g/mol. The van der Waals surface area contributed by atoms with Gasteiger partial charge < -0.3 is 14.8 Å². The molecule has 0 aliphatic heterocycles. The Bertz CT molecular complexity index is 1280. The number of anilines is 1. The first-order valence-electron chi connectivity index (χ1n) is 9.72. The number of nitrogens with zero attached hydrogens (tertiary/aromatic N) is 2. The van der Waals surface area contributed by atoms with Crippen LogP contribution >= 0.6 is 22.9 Å². The zero-order valence-corrected chi connectivity index (χ0v) is 18.6. The van der Waals surface area contributed by atoms with Crippen LogP contribution < -0.4 is 10.1 Å². The summed E-state index contributed by atoms with van der Waals surface area (Å²) in [6.45, 7) is 2.24. The largest absolute Gasteiger partial charge is 0.489 e. The minimum Gasteiger partial charge on any atom is -0.489 e. The molecule has 162 valence electrons. The Morgan fingerprint density at radius 3 is 2.78 bits per heavy atom. The van der Waals surface area contributed by atoms with Crippen molar-refractivity contribution in [3.8, 4) is 5.75 Å². The standard InChI is InChI=1S/C23H18ClN3O4S/c1-2-30-23(29)18-11-26-21(24)19-15(13-32-20(18)19)12-31-17-5-3-4-16(10-17)27-22(28)14-6-8-25-9-7-14/h3-11,13H,2,12H2,1H3,(H,27,28). The summed E-state index contributed by atoms with van der Waals surface area (Å²) in [5.74, 6) is -0.103. The van der Waals surface area contributed by atoms with Crippen LogP contribution in [-0.4, -0.2) is 28.5 Å². The summed E-state index contributed by atoms with van der Waals surface area (Å²) in [4.78, 5) is 32.6. The van der Waals surface area contributed by atoms with E-state index in [0.29, 0.717) is 37.8 Å². The smallest absolute Gasteiger partial charge is 0.341 e. The van der Waals surface area contributed by atoms with Gasteiger partial charge in [-0.3, -0.25) is 9.78 Å². The monoisotopic (exact) mass is 467 g/mol. The molecule has 0 fully saturated rings. The number of carbonyl (C=O) groups is 2. The number of benzene rings is 1. The summed E-state index contributed by atoms with van der Waals surface area (Å²) >= 11 is 7.70. The van der Waals surface area contributed by atoms with E-state index in [4.69, 9.17) is 21.1 Å². The van der Waals surface area contributed by atoms with Crippen molar-refractivity contribution in [2.24, 2.45) is 0 Å². The first kappa shape index (κ1) is 21.7. The third kappa shape index (κ3) is 4.71. The van der Waals surface area contributed by atoms with Crippen LogP contribution in [0.2, 0.25) is 5.15 Å². The highest BCUT2D eigenvalue weighted by Crippen LogP contribution is 2.34. The minimum absolute atomic E-state index is 0.218. The maximum absolute atomic E-state index is 12.3. The fourth-order valence-corrected chi connectivity index (χ4v) is 4.43. The van der Waals surface area contributed by atoms with Gasteiger partial charge in [-0.2, -0.15) is 0 Å². The number of carbonyl (C=O) groups excluding carboxylic acids is 2. The predicted octanol–water partition coefficient (Wildman–Crippen LogP) is 5.35. The van der Waals surface area contributed by atoms with Gasteiger partial charge >= 0.3 is 5.97 Å². The number of fused-ring (bicyclic) bond motifs is 1. The quantitative estimate of drug-likeness (QED) is 0.291. The molecule has 4 aromatic rings. The molecule has 7 nitrogen and oxygen atoms in total. The van der Waals surface area contributed by atoms with Gasteiger partial charge in [0.1, 0.15) is 17.5 Å². The lowest BCUT2D eigenvalue weighted by atomic mass is 10.2. The number of pyridine rings is 2. The van der Waals surface area contributed by atoms with E-state index in [1.807, 2.05) is 5.38 Å². The fraction of sp³-hybridized carbons (Fsp3) is 0.130. The van der Waals surface area contributed by atoms with Crippen molar-refractivity contribution in [1.82, 2.24) is 9.97 Å². The van der Waals surface area contributed by atoms with Crippen LogP contribution in [0.4, 0.5) is 5.69 Å². The summed E-state index contributed by atoms with van der Waals surface area (Å²) in [6.07, 6.45) is 4.55. The van der Waals surface area contributed by atoms with Gasteiger partial charge in [0, 0.05) is 46.9 Å². The van der Waals surface area contributed by atoms with E-state index < -0.39 is 5.97 Å². The normalized spacial score (nSPS) is 10.7. The van der Waals surface area contributed by atoms with E-state index in [1.165, 1.54) is 17.5 Å². The van der Waals surface area contributed by atoms with Crippen molar-refractivity contribution >= 4 is 50.6 Å². The molecule has 0 saturated heterocycles. The number of esters is 1. The first-order chi connectivity index (χ1) is 15.6. The molecule has 0 saturated carbocycles. The number of ether oxygens (including phenoxy) is 2. The van der Waals surface area contributed by atoms with Crippen LogP contribution in [0.25, 0.3) is 10.1 Å². The maximum Gasteiger partial charge on any atom is 0.341 e. The zero-order chi connectivity index (χ0) is 22.5. The molecule has 0 aliphatic carbocycles. The average Bonchev–Trinajstić information content (AvgIpc) is 3.24. The van der Waals surface area contributed by atoms with Crippen LogP contribution in [-0.2, 0) is 11.3 Å². The third-order valence-electron chi connectivity index (χ3n) is 4.55. The second-order valence-corrected chi connectivity index (χ2v) is 7.89. The van der Waals surface area contributed by atoms with Gasteiger partial charge in [-0.1, -0.05) is 17.7 Å². The van der Waals surface area contributed by atoms with Gasteiger partial charge in [0.15, 0.2) is 0 Å². The van der Waals surface area contributed by atoms with E-state index >= 15 is 0 Å². The van der Waals surface area contributed by atoms with E-state index in [9.17, 15) is 9.59 Å². The molecule has 0 spiro atoms. The number of hydrogen-bond acceptors (Lipinski definition) is 7. The lowest BCUT2D eigenvalue weighted by Gasteiger charge is -2.10. The van der Waals surface area contributed by atoms with E-state index in [0.717, 1.165) is 5.56 Å². The van der Waals surface area contributed by atoms with E-state index in [2.05, 4.69) is 15.3 Å². The van der Waals surface area contributed by atoms with Gasteiger partial charge in [-0.15, -0.1) is 11.3 Å². The number of aromatic nitrogens is 2. The summed E-state index contributed by atoms with van der Waals surface area (Å²) in [5.41, 5.74) is 2.29. The third-order valence-corrected chi connectivity index (χ3v) is 5.90. The van der Waals surface area contributed by atoms with Crippen molar-refractivity contribution in [3.05, 3.63) is 82.2 Å². The molecule has 0 unspecified atom stereocenters. The van der Waals surface area contributed by atoms with E-state index in [1.54, 1.807) is 55.7 Å². The van der Waals surface area contributed by atoms with Gasteiger partial charge in [0.05, 0.1) is 16.9 Å². The maximum atomic E-state index is 12.3. The SMILES string of the molecule is CCOC(=O)c1cnc(Cl)c2c(COc3cccc(NC(=O)c4ccncc4)c3)csc12. The number of hydrogen-bond donors (Lipinski definition) is 1. The summed E-state index contributed by atoms with van der Waals surface area (Å²) in [6, 6.07) is 10.4. The summed E-state index contributed by atoms with van der Waals surface area (Å²) < 4.78 is 11.7. The highest BCUT2D eigenvalue weighted by Gasteiger charge is 2.18. The minimum atomic E-state index is -0.436. The molecule has 0 bridgehead atoms. The molecule has 1 aromatic carbocycles. The van der Waals surface area contributed by atoms with Crippen molar-refractivity contribution in [2.75, 3.05) is 11.9 Å². The molecule has 0 atom stereocenters. The Morgan fingerprint density at radius 1 is 1.19 bits per heavy atom. The van der Waals surface area contributed by atoms with Gasteiger partial charge in [-0.05, 0) is 36.6 Å². The Hall–Kier alpha value is -3.49. The summed E-state index contributed by atoms with van der Waals surface area (Å²) in [5, 5.41) is 5.69. The van der Waals surface area contributed by atoms with Crippen LogP contribution in [0.5, 0.6) is 5.75 Å². The van der Waals surface area contributed by atoms with Crippen LogP contribution in [0, 0.1) is 0 Å². The zero-order valence-electron chi connectivity index (χ0n) is 17.0. The highest BCUT2D eigenvalue weighted by atomic mass is 35.5. The van der Waals surface area contributed by atoms with Crippen LogP contribution in [0.15, 0.2) is 60.4 Å². The second kappa shape index (κ2) is 9.76. The number of halogens is 1. The molecule has 1 N–H and O–H groups in total. The molecule has 0 radical (unpaired) electrons. The van der Waals surface area contributed by atoms with Gasteiger partial charge in [0.2, 0.25) is 0 Å². The first-order valence-corrected chi connectivity index (χ1v) is 11.0. The highest BCUT2D eigenvalue weighted by molar-refractivity contribution is 7.17.